The van der Waals surface area contributed by atoms with Crippen molar-refractivity contribution in [2.45, 2.75) is 0 Å². The number of aliphatic imine (C=N–C) groups is 1. The number of rotatable bonds is 6. The minimum Gasteiger partial charge on any atom is -0.383 e. The Labute approximate surface area is 99.7 Å². The first-order valence-electron chi connectivity index (χ1n) is 5.55. The maximum Gasteiger partial charge on any atom is 0.195 e. The van der Waals surface area contributed by atoms with E-state index in [0.29, 0.717) is 0 Å². The fourth-order valence-electron chi connectivity index (χ4n) is 1.36. The number of hydrogen-bond acceptors (Lipinski definition) is 3. The Kier molecular flexibility index (Phi) is 7.93. The average molecular weight is 230 g/mol. The summed E-state index contributed by atoms with van der Waals surface area (Å²) in [6, 6.07) is 0. The second-order valence-corrected chi connectivity index (χ2v) is 4.27. The van der Waals surface area contributed by atoms with E-state index < -0.39 is 0 Å². The molecule has 0 radical (unpaired) electrons. The molecular formula is C11H26N4O. The summed E-state index contributed by atoms with van der Waals surface area (Å²) in [4.78, 5) is 10.8. The molecule has 0 heterocycles. The molecule has 0 N–H and O–H groups in total. The number of guanidine groups is 1. The fraction of sp³-hybridized carbons (Fsp3) is 0.909. The van der Waals surface area contributed by atoms with Gasteiger partial charge in [-0.2, -0.15) is 0 Å². The Morgan fingerprint density at radius 3 is 2.00 bits per heavy atom. The molecule has 0 fully saturated rings. The van der Waals surface area contributed by atoms with Gasteiger partial charge in [0.2, 0.25) is 0 Å². The lowest BCUT2D eigenvalue weighted by Gasteiger charge is -2.23. The highest BCUT2D eigenvalue weighted by atomic mass is 16.5. The highest BCUT2D eigenvalue weighted by molar-refractivity contribution is 5.79. The maximum atomic E-state index is 5.02. The van der Waals surface area contributed by atoms with Crippen molar-refractivity contribution in [3.63, 3.8) is 0 Å². The molecule has 0 saturated carbocycles. The molecule has 0 amide bonds. The summed E-state index contributed by atoms with van der Waals surface area (Å²) in [7, 11) is 11.8. The Hall–Kier alpha value is -0.810. The summed E-state index contributed by atoms with van der Waals surface area (Å²) in [5.41, 5.74) is 0. The van der Waals surface area contributed by atoms with Crippen molar-refractivity contribution in [2.75, 3.05) is 68.6 Å². The molecule has 0 aliphatic rings. The molecule has 5 nitrogen and oxygen atoms in total. The highest BCUT2D eigenvalue weighted by Crippen LogP contribution is 1.90. The SMILES string of the molecule is COCCN(C)CCN=C(N(C)C)N(C)C. The van der Waals surface area contributed by atoms with Crippen molar-refractivity contribution in [2.24, 2.45) is 4.99 Å². The molecule has 0 rings (SSSR count). The van der Waals surface area contributed by atoms with Crippen molar-refractivity contribution >= 4 is 5.96 Å². The summed E-state index contributed by atoms with van der Waals surface area (Å²) in [6.07, 6.45) is 0. The number of hydrogen-bond donors (Lipinski definition) is 0. The third-order valence-corrected chi connectivity index (χ3v) is 2.21. The van der Waals surface area contributed by atoms with Crippen LogP contribution in [0.1, 0.15) is 0 Å². The molecule has 0 atom stereocenters. The zero-order valence-electron chi connectivity index (χ0n) is 11.5. The third-order valence-electron chi connectivity index (χ3n) is 2.21. The van der Waals surface area contributed by atoms with Gasteiger partial charge in [-0.05, 0) is 7.05 Å². The van der Waals surface area contributed by atoms with Crippen LogP contribution in [0.25, 0.3) is 0 Å². The van der Waals surface area contributed by atoms with Gasteiger partial charge in [-0.25, -0.2) is 0 Å². The molecule has 0 aliphatic carbocycles. The van der Waals surface area contributed by atoms with E-state index in [2.05, 4.69) is 16.9 Å². The van der Waals surface area contributed by atoms with Crippen molar-refractivity contribution < 1.29 is 4.74 Å². The van der Waals surface area contributed by atoms with E-state index in [-0.39, 0.29) is 0 Å². The summed E-state index contributed by atoms with van der Waals surface area (Å²) in [5.74, 6) is 1.00. The molecule has 0 saturated heterocycles. The minimum atomic E-state index is 0.772. The van der Waals surface area contributed by atoms with Gasteiger partial charge in [-0.3, -0.25) is 4.99 Å². The van der Waals surface area contributed by atoms with Gasteiger partial charge in [-0.1, -0.05) is 0 Å². The topological polar surface area (TPSA) is 31.3 Å². The van der Waals surface area contributed by atoms with E-state index in [4.69, 9.17) is 4.74 Å². The Morgan fingerprint density at radius 1 is 1.00 bits per heavy atom. The molecule has 0 aromatic rings. The van der Waals surface area contributed by atoms with Gasteiger partial charge < -0.3 is 19.4 Å². The van der Waals surface area contributed by atoms with Gasteiger partial charge in [0, 0.05) is 48.4 Å². The molecule has 16 heavy (non-hydrogen) atoms. The number of ether oxygens (including phenoxy) is 1. The fourth-order valence-corrected chi connectivity index (χ4v) is 1.36. The molecule has 0 bridgehead atoms. The summed E-state index contributed by atoms with van der Waals surface area (Å²) < 4.78 is 5.02. The highest BCUT2D eigenvalue weighted by Gasteiger charge is 2.03. The van der Waals surface area contributed by atoms with Gasteiger partial charge in [0.25, 0.3) is 0 Å². The lowest BCUT2D eigenvalue weighted by molar-refractivity contribution is 0.162. The van der Waals surface area contributed by atoms with Crippen LogP contribution in [0.3, 0.4) is 0 Å². The largest absolute Gasteiger partial charge is 0.383 e. The molecular weight excluding hydrogens is 204 g/mol. The standard InChI is InChI=1S/C11H26N4O/c1-13(2)11(14(3)4)12-7-8-15(5)9-10-16-6/h7-10H2,1-6H3. The Morgan fingerprint density at radius 2 is 1.56 bits per heavy atom. The lowest BCUT2D eigenvalue weighted by atomic mass is 10.5. The van der Waals surface area contributed by atoms with E-state index >= 15 is 0 Å². The first-order valence-corrected chi connectivity index (χ1v) is 5.55. The van der Waals surface area contributed by atoms with Crippen LogP contribution in [0.15, 0.2) is 4.99 Å². The number of methoxy groups -OCH3 is 1. The van der Waals surface area contributed by atoms with Crippen LogP contribution < -0.4 is 0 Å². The van der Waals surface area contributed by atoms with Gasteiger partial charge in [0.05, 0.1) is 13.2 Å². The first kappa shape index (κ1) is 15.2. The van der Waals surface area contributed by atoms with Gasteiger partial charge in [0.15, 0.2) is 5.96 Å². The van der Waals surface area contributed by atoms with Gasteiger partial charge in [-0.15, -0.1) is 0 Å². The van der Waals surface area contributed by atoms with E-state index in [1.807, 2.05) is 38.0 Å². The number of likely N-dealkylation sites (N-methyl/N-ethyl adjacent to an activating group) is 1. The van der Waals surface area contributed by atoms with Crippen LogP contribution in [-0.2, 0) is 4.74 Å². The van der Waals surface area contributed by atoms with Crippen molar-refractivity contribution in [1.82, 2.24) is 14.7 Å². The summed E-state index contributed by atoms with van der Waals surface area (Å²) in [5, 5.41) is 0. The Balaban J connectivity index is 3.95. The summed E-state index contributed by atoms with van der Waals surface area (Å²) >= 11 is 0. The molecule has 0 aliphatic heterocycles. The van der Waals surface area contributed by atoms with Crippen LogP contribution in [0.2, 0.25) is 0 Å². The van der Waals surface area contributed by atoms with Crippen LogP contribution >= 0.6 is 0 Å². The van der Waals surface area contributed by atoms with E-state index in [1.54, 1.807) is 7.11 Å². The smallest absolute Gasteiger partial charge is 0.195 e. The first-order chi connectivity index (χ1) is 7.49. The molecule has 96 valence electrons. The monoisotopic (exact) mass is 230 g/mol. The normalized spacial score (nSPS) is 10.4. The predicted molar refractivity (Wildman–Crippen MR) is 69.0 cm³/mol. The van der Waals surface area contributed by atoms with E-state index in [0.717, 1.165) is 32.2 Å². The molecule has 0 spiro atoms. The van der Waals surface area contributed by atoms with Crippen molar-refractivity contribution in [1.29, 1.82) is 0 Å². The van der Waals surface area contributed by atoms with Crippen LogP contribution in [-0.4, -0.2) is 89.2 Å². The van der Waals surface area contributed by atoms with Crippen LogP contribution in [0.4, 0.5) is 0 Å². The molecule has 0 unspecified atom stereocenters. The summed E-state index contributed by atoms with van der Waals surface area (Å²) in [6.45, 7) is 3.49. The second kappa shape index (κ2) is 8.35. The average Bonchev–Trinajstić information content (AvgIpc) is 2.20. The third kappa shape index (κ3) is 6.63. The van der Waals surface area contributed by atoms with Gasteiger partial charge in [0.1, 0.15) is 0 Å². The molecule has 0 aromatic heterocycles. The van der Waals surface area contributed by atoms with E-state index in [1.165, 1.54) is 0 Å². The number of nitrogens with zero attached hydrogens (tertiary/aromatic N) is 4. The van der Waals surface area contributed by atoms with E-state index in [9.17, 15) is 0 Å². The second-order valence-electron chi connectivity index (χ2n) is 4.27. The molecule has 5 heteroatoms. The predicted octanol–water partition coefficient (Wildman–Crippen LogP) is 0.0438. The van der Waals surface area contributed by atoms with Crippen molar-refractivity contribution in [3.8, 4) is 0 Å². The Bertz CT molecular complexity index is 194. The maximum absolute atomic E-state index is 5.02. The zero-order chi connectivity index (χ0) is 12.6. The lowest BCUT2D eigenvalue weighted by Crippen LogP contribution is -2.36. The minimum absolute atomic E-state index is 0.772. The quantitative estimate of drug-likeness (QED) is 0.476. The van der Waals surface area contributed by atoms with Gasteiger partial charge >= 0.3 is 0 Å². The van der Waals surface area contributed by atoms with Crippen LogP contribution in [0, 0.1) is 0 Å². The zero-order valence-corrected chi connectivity index (χ0v) is 11.5. The van der Waals surface area contributed by atoms with Crippen LogP contribution in [0.5, 0.6) is 0 Å². The molecule has 0 aromatic carbocycles. The van der Waals surface area contributed by atoms with Crippen molar-refractivity contribution in [3.05, 3.63) is 0 Å².